The zero-order valence-corrected chi connectivity index (χ0v) is 13.6. The highest BCUT2D eigenvalue weighted by atomic mass is 79.9. The van der Waals surface area contributed by atoms with Crippen molar-refractivity contribution in [2.24, 2.45) is 0 Å². The van der Waals surface area contributed by atoms with E-state index in [2.05, 4.69) is 32.8 Å². The SMILES string of the molecule is C=CCNC(=O)NC(=O)COC(=O)c1[nH]c2ccccc2c1Br. The molecule has 23 heavy (non-hydrogen) atoms. The van der Waals surface area contributed by atoms with Gasteiger partial charge in [0.25, 0.3) is 5.91 Å². The smallest absolute Gasteiger partial charge is 0.356 e. The maximum absolute atomic E-state index is 12.0. The summed E-state index contributed by atoms with van der Waals surface area (Å²) in [6.45, 7) is 3.08. The Bertz CT molecular complexity index is 769. The molecule has 0 aliphatic heterocycles. The topological polar surface area (TPSA) is 100 Å². The summed E-state index contributed by atoms with van der Waals surface area (Å²) in [5.41, 5.74) is 0.967. The fraction of sp³-hybridized carbons (Fsp3) is 0.133. The van der Waals surface area contributed by atoms with Gasteiger partial charge >= 0.3 is 12.0 Å². The molecule has 0 bridgehead atoms. The van der Waals surface area contributed by atoms with Gasteiger partial charge in [0.05, 0.1) is 4.47 Å². The van der Waals surface area contributed by atoms with Gasteiger partial charge in [0.2, 0.25) is 0 Å². The van der Waals surface area contributed by atoms with E-state index in [9.17, 15) is 14.4 Å². The minimum atomic E-state index is -0.729. The number of amides is 3. The lowest BCUT2D eigenvalue weighted by atomic mass is 10.2. The molecule has 3 N–H and O–H groups in total. The van der Waals surface area contributed by atoms with Gasteiger partial charge in [-0.05, 0) is 22.0 Å². The number of nitrogens with one attached hydrogen (secondary N) is 3. The van der Waals surface area contributed by atoms with E-state index in [1.165, 1.54) is 6.08 Å². The Balaban J connectivity index is 1.93. The van der Waals surface area contributed by atoms with Crippen molar-refractivity contribution in [1.29, 1.82) is 0 Å². The van der Waals surface area contributed by atoms with E-state index in [0.717, 1.165) is 10.9 Å². The molecule has 8 heteroatoms. The lowest BCUT2D eigenvalue weighted by Crippen LogP contribution is -2.41. The lowest BCUT2D eigenvalue weighted by molar-refractivity contribution is -0.123. The molecule has 0 atom stereocenters. The molecule has 1 aromatic heterocycles. The molecule has 0 aliphatic rings. The third-order valence-corrected chi connectivity index (χ3v) is 3.66. The fourth-order valence-electron chi connectivity index (χ4n) is 1.82. The van der Waals surface area contributed by atoms with Crippen LogP contribution >= 0.6 is 15.9 Å². The van der Waals surface area contributed by atoms with Crippen LogP contribution in [0.1, 0.15) is 10.5 Å². The van der Waals surface area contributed by atoms with Crippen LogP contribution in [0.15, 0.2) is 41.4 Å². The molecule has 2 aromatic rings. The zero-order valence-electron chi connectivity index (χ0n) is 12.0. The maximum Gasteiger partial charge on any atom is 0.356 e. The van der Waals surface area contributed by atoms with Crippen LogP contribution in [0.3, 0.4) is 0 Å². The first-order valence-electron chi connectivity index (χ1n) is 6.65. The molecular weight excluding hydrogens is 366 g/mol. The van der Waals surface area contributed by atoms with Crippen LogP contribution in [-0.2, 0) is 9.53 Å². The summed E-state index contributed by atoms with van der Waals surface area (Å²) in [6.07, 6.45) is 1.47. The van der Waals surface area contributed by atoms with Crippen LogP contribution in [-0.4, -0.2) is 36.0 Å². The van der Waals surface area contributed by atoms with Crippen molar-refractivity contribution in [3.8, 4) is 0 Å². The number of para-hydroxylation sites is 1. The predicted octanol–water partition coefficient (Wildman–Crippen LogP) is 2.10. The van der Waals surface area contributed by atoms with Gasteiger partial charge in [0.1, 0.15) is 5.69 Å². The fourth-order valence-corrected chi connectivity index (χ4v) is 2.43. The number of halogens is 1. The number of urea groups is 1. The van der Waals surface area contributed by atoms with Crippen LogP contribution in [0.4, 0.5) is 4.79 Å². The second kappa shape index (κ2) is 7.59. The monoisotopic (exact) mass is 379 g/mol. The third-order valence-electron chi connectivity index (χ3n) is 2.84. The number of ether oxygens (including phenoxy) is 1. The highest BCUT2D eigenvalue weighted by Gasteiger charge is 2.18. The number of H-pyrrole nitrogens is 1. The number of carbonyl (C=O) groups excluding carboxylic acids is 3. The Morgan fingerprint density at radius 1 is 1.30 bits per heavy atom. The molecule has 0 fully saturated rings. The molecule has 0 radical (unpaired) electrons. The molecule has 0 saturated heterocycles. The molecule has 0 aliphatic carbocycles. The van der Waals surface area contributed by atoms with Gasteiger partial charge in [-0.2, -0.15) is 0 Å². The first-order chi connectivity index (χ1) is 11.0. The molecule has 0 unspecified atom stereocenters. The number of esters is 1. The summed E-state index contributed by atoms with van der Waals surface area (Å²) in [4.78, 5) is 37.7. The van der Waals surface area contributed by atoms with E-state index in [1.54, 1.807) is 0 Å². The Hall–Kier alpha value is -2.61. The second-order valence-corrected chi connectivity index (χ2v) is 5.28. The molecule has 0 spiro atoms. The summed E-state index contributed by atoms with van der Waals surface area (Å²) in [5, 5.41) is 5.22. The van der Waals surface area contributed by atoms with Crippen molar-refractivity contribution in [1.82, 2.24) is 15.6 Å². The van der Waals surface area contributed by atoms with Gasteiger partial charge in [-0.1, -0.05) is 24.3 Å². The van der Waals surface area contributed by atoms with Crippen LogP contribution in [0, 0.1) is 0 Å². The van der Waals surface area contributed by atoms with Gasteiger partial charge < -0.3 is 15.0 Å². The van der Waals surface area contributed by atoms with Crippen molar-refractivity contribution in [3.05, 3.63) is 47.1 Å². The Labute approximate surface area is 140 Å². The minimum Gasteiger partial charge on any atom is -0.451 e. The average molecular weight is 380 g/mol. The maximum atomic E-state index is 12.0. The standard InChI is InChI=1S/C15H14BrN3O4/c1-2-7-17-15(22)19-11(20)8-23-14(21)13-12(16)9-5-3-4-6-10(9)18-13/h2-6,18H,1,7-8H2,(H2,17,19,20,22). The molecule has 1 aromatic carbocycles. The van der Waals surface area contributed by atoms with Gasteiger partial charge in [-0.3, -0.25) is 10.1 Å². The van der Waals surface area contributed by atoms with E-state index in [4.69, 9.17) is 4.74 Å². The molecule has 1 heterocycles. The van der Waals surface area contributed by atoms with Crippen LogP contribution in [0.5, 0.6) is 0 Å². The number of hydrogen-bond donors (Lipinski definition) is 3. The van der Waals surface area contributed by atoms with E-state index < -0.39 is 24.5 Å². The van der Waals surface area contributed by atoms with E-state index in [-0.39, 0.29) is 12.2 Å². The number of aromatic nitrogens is 1. The number of benzene rings is 1. The van der Waals surface area contributed by atoms with Gasteiger partial charge in [-0.25, -0.2) is 9.59 Å². The number of aromatic amines is 1. The van der Waals surface area contributed by atoms with Crippen molar-refractivity contribution in [2.75, 3.05) is 13.2 Å². The average Bonchev–Trinajstić information content (AvgIpc) is 2.88. The largest absolute Gasteiger partial charge is 0.451 e. The van der Waals surface area contributed by atoms with E-state index in [1.807, 2.05) is 29.6 Å². The first-order valence-corrected chi connectivity index (χ1v) is 7.44. The summed E-state index contributed by atoms with van der Waals surface area (Å²) in [7, 11) is 0. The van der Waals surface area contributed by atoms with Crippen LogP contribution < -0.4 is 10.6 Å². The zero-order chi connectivity index (χ0) is 16.8. The Morgan fingerprint density at radius 2 is 2.04 bits per heavy atom. The summed E-state index contributed by atoms with van der Waals surface area (Å²) < 4.78 is 5.45. The lowest BCUT2D eigenvalue weighted by Gasteiger charge is -2.05. The van der Waals surface area contributed by atoms with Crippen LogP contribution in [0.2, 0.25) is 0 Å². The second-order valence-electron chi connectivity index (χ2n) is 4.48. The quantitative estimate of drug-likeness (QED) is 0.546. The van der Waals surface area contributed by atoms with Crippen molar-refractivity contribution in [2.45, 2.75) is 0 Å². The number of fused-ring (bicyclic) bond motifs is 1. The van der Waals surface area contributed by atoms with E-state index in [0.29, 0.717) is 4.47 Å². The third kappa shape index (κ3) is 4.19. The van der Waals surface area contributed by atoms with E-state index >= 15 is 0 Å². The Kier molecular flexibility index (Phi) is 5.53. The highest BCUT2D eigenvalue weighted by Crippen LogP contribution is 2.27. The van der Waals surface area contributed by atoms with Gasteiger partial charge in [0, 0.05) is 17.4 Å². The Morgan fingerprint density at radius 3 is 2.74 bits per heavy atom. The number of carbonyl (C=O) groups is 3. The summed E-state index contributed by atoms with van der Waals surface area (Å²) >= 11 is 3.32. The molecule has 3 amide bonds. The number of rotatable bonds is 5. The molecular formula is C15H14BrN3O4. The number of imide groups is 1. The van der Waals surface area contributed by atoms with Crippen molar-refractivity contribution in [3.63, 3.8) is 0 Å². The van der Waals surface area contributed by atoms with Gasteiger partial charge in [0.15, 0.2) is 6.61 Å². The van der Waals surface area contributed by atoms with Crippen LogP contribution in [0.25, 0.3) is 10.9 Å². The predicted molar refractivity (Wildman–Crippen MR) is 88.0 cm³/mol. The molecule has 7 nitrogen and oxygen atoms in total. The number of hydrogen-bond acceptors (Lipinski definition) is 4. The van der Waals surface area contributed by atoms with Crippen molar-refractivity contribution >= 4 is 44.7 Å². The molecule has 0 saturated carbocycles. The summed E-state index contributed by atoms with van der Waals surface area (Å²) in [6, 6.07) is 6.63. The summed E-state index contributed by atoms with van der Waals surface area (Å²) in [5.74, 6) is -1.43. The first kappa shape index (κ1) is 16.8. The molecule has 120 valence electrons. The van der Waals surface area contributed by atoms with Crippen molar-refractivity contribution < 1.29 is 19.1 Å². The highest BCUT2D eigenvalue weighted by molar-refractivity contribution is 9.10. The van der Waals surface area contributed by atoms with Gasteiger partial charge in [-0.15, -0.1) is 6.58 Å². The molecule has 2 rings (SSSR count). The minimum absolute atomic E-state index is 0.204. The normalized spacial score (nSPS) is 10.1.